The van der Waals surface area contributed by atoms with Crippen molar-refractivity contribution in [2.45, 2.75) is 56.8 Å². The Kier molecular flexibility index (Phi) is 5.51. The third-order valence-corrected chi connectivity index (χ3v) is 2.83. The van der Waals surface area contributed by atoms with Crippen LogP contribution in [0, 0.1) is 0 Å². The molecule has 1 rings (SSSR count). The van der Waals surface area contributed by atoms with E-state index in [2.05, 4.69) is 5.43 Å². The van der Waals surface area contributed by atoms with Crippen molar-refractivity contribution in [3.05, 3.63) is 0 Å². The largest absolute Gasteiger partial charge is 0.389 e. The van der Waals surface area contributed by atoms with Crippen LogP contribution in [-0.4, -0.2) is 24.9 Å². The zero-order valence-electron chi connectivity index (χ0n) is 9.22. The average Bonchev–Trinajstić information content (AvgIpc) is 2.24. The minimum Gasteiger partial charge on any atom is -0.378 e. The van der Waals surface area contributed by atoms with Crippen LogP contribution < -0.4 is 11.3 Å². The predicted octanol–water partition coefficient (Wildman–Crippen LogP) is 2.12. The molecule has 0 spiro atoms. The highest BCUT2D eigenvalue weighted by atomic mass is 19.4. The van der Waals surface area contributed by atoms with Gasteiger partial charge in [-0.05, 0) is 32.1 Å². The lowest BCUT2D eigenvalue weighted by molar-refractivity contribution is -0.137. The first-order valence-corrected chi connectivity index (χ1v) is 5.66. The fourth-order valence-corrected chi connectivity index (χ4v) is 1.92. The maximum atomic E-state index is 12.0. The van der Waals surface area contributed by atoms with Gasteiger partial charge in [0.2, 0.25) is 0 Å². The summed E-state index contributed by atoms with van der Waals surface area (Å²) in [5.41, 5.74) is 2.44. The molecule has 6 heteroatoms. The maximum absolute atomic E-state index is 12.0. The number of hydrogen-bond donors (Lipinski definition) is 2. The van der Waals surface area contributed by atoms with Crippen molar-refractivity contribution in [3.63, 3.8) is 0 Å². The summed E-state index contributed by atoms with van der Waals surface area (Å²) in [5.74, 6) is 5.25. The van der Waals surface area contributed by atoms with Crippen LogP contribution in [0.5, 0.6) is 0 Å². The second kappa shape index (κ2) is 6.42. The summed E-state index contributed by atoms with van der Waals surface area (Å²) >= 11 is 0. The summed E-state index contributed by atoms with van der Waals surface area (Å²) in [6.07, 6.45) is -1.22. The van der Waals surface area contributed by atoms with E-state index in [1.54, 1.807) is 0 Å². The van der Waals surface area contributed by atoms with E-state index in [4.69, 9.17) is 10.6 Å². The Morgan fingerprint density at radius 3 is 2.62 bits per heavy atom. The molecule has 1 aliphatic heterocycles. The van der Waals surface area contributed by atoms with Crippen LogP contribution in [0.15, 0.2) is 0 Å². The molecule has 3 nitrogen and oxygen atoms in total. The number of alkyl halides is 3. The molecule has 1 saturated heterocycles. The van der Waals surface area contributed by atoms with E-state index < -0.39 is 12.6 Å². The molecule has 0 aromatic carbocycles. The first-order chi connectivity index (χ1) is 7.51. The Morgan fingerprint density at radius 2 is 2.12 bits per heavy atom. The molecule has 0 saturated carbocycles. The maximum Gasteiger partial charge on any atom is 0.389 e. The number of rotatable bonds is 5. The molecule has 1 heterocycles. The van der Waals surface area contributed by atoms with Crippen LogP contribution in [0.3, 0.4) is 0 Å². The van der Waals surface area contributed by atoms with Gasteiger partial charge in [0.05, 0.1) is 6.10 Å². The monoisotopic (exact) mass is 240 g/mol. The first-order valence-electron chi connectivity index (χ1n) is 5.66. The van der Waals surface area contributed by atoms with Gasteiger partial charge in [0.1, 0.15) is 0 Å². The van der Waals surface area contributed by atoms with Crippen LogP contribution >= 0.6 is 0 Å². The van der Waals surface area contributed by atoms with Gasteiger partial charge < -0.3 is 4.74 Å². The van der Waals surface area contributed by atoms with Crippen LogP contribution in [0.2, 0.25) is 0 Å². The summed E-state index contributed by atoms with van der Waals surface area (Å²) in [6.45, 7) is 0.710. The summed E-state index contributed by atoms with van der Waals surface area (Å²) in [6, 6.07) is -0.315. The molecule has 0 aliphatic carbocycles. The van der Waals surface area contributed by atoms with Crippen LogP contribution in [0.4, 0.5) is 13.2 Å². The molecule has 3 N–H and O–H groups in total. The van der Waals surface area contributed by atoms with Crippen molar-refractivity contribution in [1.29, 1.82) is 0 Å². The lowest BCUT2D eigenvalue weighted by Gasteiger charge is -2.26. The fourth-order valence-electron chi connectivity index (χ4n) is 1.92. The van der Waals surface area contributed by atoms with Gasteiger partial charge in [0.15, 0.2) is 0 Å². The highest BCUT2D eigenvalue weighted by Crippen LogP contribution is 2.24. The normalized spacial score (nSPS) is 24.4. The third kappa shape index (κ3) is 5.67. The van der Waals surface area contributed by atoms with Crippen molar-refractivity contribution in [3.8, 4) is 0 Å². The molecule has 16 heavy (non-hydrogen) atoms. The van der Waals surface area contributed by atoms with E-state index >= 15 is 0 Å². The van der Waals surface area contributed by atoms with E-state index in [0.29, 0.717) is 13.0 Å². The minimum absolute atomic E-state index is 0.0138. The third-order valence-electron chi connectivity index (χ3n) is 2.83. The van der Waals surface area contributed by atoms with Gasteiger partial charge in [-0.2, -0.15) is 13.2 Å². The zero-order chi connectivity index (χ0) is 12.0. The molecule has 2 atom stereocenters. The molecule has 0 aromatic heterocycles. The van der Waals surface area contributed by atoms with Gasteiger partial charge in [-0.1, -0.05) is 0 Å². The number of ether oxygens (including phenoxy) is 1. The van der Waals surface area contributed by atoms with Gasteiger partial charge >= 0.3 is 6.18 Å². The lowest BCUT2D eigenvalue weighted by Crippen LogP contribution is -2.39. The van der Waals surface area contributed by atoms with Crippen LogP contribution in [-0.2, 0) is 4.74 Å². The van der Waals surface area contributed by atoms with Crippen molar-refractivity contribution in [2.24, 2.45) is 5.84 Å². The van der Waals surface area contributed by atoms with Gasteiger partial charge in [0, 0.05) is 19.1 Å². The summed E-state index contributed by atoms with van der Waals surface area (Å²) in [5, 5.41) is 0. The standard InChI is InChI=1S/C10H19F3N2O/c11-10(12,13)5-4-8(15-14)7-9-3-1-2-6-16-9/h8-9,15H,1-7,14H2. The smallest absolute Gasteiger partial charge is 0.378 e. The zero-order valence-corrected chi connectivity index (χ0v) is 9.22. The van der Waals surface area contributed by atoms with Crippen LogP contribution in [0.1, 0.15) is 38.5 Å². The second-order valence-corrected chi connectivity index (χ2v) is 4.24. The second-order valence-electron chi connectivity index (χ2n) is 4.24. The van der Waals surface area contributed by atoms with Crippen LogP contribution in [0.25, 0.3) is 0 Å². The SMILES string of the molecule is NNC(CCC(F)(F)F)CC1CCCCO1. The Balaban J connectivity index is 2.25. The number of nitrogens with two attached hydrogens (primary N) is 1. The molecular formula is C10H19F3N2O. The van der Waals surface area contributed by atoms with Gasteiger partial charge in [-0.15, -0.1) is 0 Å². The highest BCUT2D eigenvalue weighted by Gasteiger charge is 2.29. The Bertz CT molecular complexity index is 193. The Labute approximate surface area is 93.5 Å². The molecule has 1 fully saturated rings. The van der Waals surface area contributed by atoms with E-state index in [1.165, 1.54) is 0 Å². The minimum atomic E-state index is -4.11. The molecule has 0 bridgehead atoms. The summed E-state index contributed by atoms with van der Waals surface area (Å²) in [7, 11) is 0. The number of halogens is 3. The topological polar surface area (TPSA) is 47.3 Å². The highest BCUT2D eigenvalue weighted by molar-refractivity contribution is 4.73. The number of hydrogen-bond acceptors (Lipinski definition) is 3. The molecule has 0 radical (unpaired) electrons. The van der Waals surface area contributed by atoms with E-state index in [9.17, 15) is 13.2 Å². The van der Waals surface area contributed by atoms with Crippen molar-refractivity contribution < 1.29 is 17.9 Å². The van der Waals surface area contributed by atoms with E-state index in [1.807, 2.05) is 0 Å². The Morgan fingerprint density at radius 1 is 1.38 bits per heavy atom. The lowest BCUT2D eigenvalue weighted by atomic mass is 9.99. The summed E-state index contributed by atoms with van der Waals surface area (Å²) < 4.78 is 41.6. The molecule has 2 unspecified atom stereocenters. The van der Waals surface area contributed by atoms with E-state index in [-0.39, 0.29) is 18.6 Å². The molecular weight excluding hydrogens is 221 g/mol. The molecule has 1 aliphatic rings. The van der Waals surface area contributed by atoms with Gasteiger partial charge in [-0.25, -0.2) is 0 Å². The van der Waals surface area contributed by atoms with Crippen molar-refractivity contribution in [2.75, 3.05) is 6.61 Å². The van der Waals surface area contributed by atoms with Gasteiger partial charge in [-0.3, -0.25) is 11.3 Å². The molecule has 96 valence electrons. The fraction of sp³-hybridized carbons (Fsp3) is 1.00. The van der Waals surface area contributed by atoms with Crippen molar-refractivity contribution >= 4 is 0 Å². The predicted molar refractivity (Wildman–Crippen MR) is 54.6 cm³/mol. The van der Waals surface area contributed by atoms with Gasteiger partial charge in [0.25, 0.3) is 0 Å². The number of hydrazine groups is 1. The van der Waals surface area contributed by atoms with Crippen molar-refractivity contribution in [1.82, 2.24) is 5.43 Å². The average molecular weight is 240 g/mol. The molecule has 0 aromatic rings. The quantitative estimate of drug-likeness (QED) is 0.571. The molecule has 0 amide bonds. The van der Waals surface area contributed by atoms with E-state index in [0.717, 1.165) is 19.3 Å². The Hall–Kier alpha value is -0.330. The first kappa shape index (κ1) is 13.7. The number of nitrogens with one attached hydrogen (secondary N) is 1. The summed E-state index contributed by atoms with van der Waals surface area (Å²) in [4.78, 5) is 0.